The van der Waals surface area contributed by atoms with Crippen LogP contribution in [0.1, 0.15) is 0 Å². The van der Waals surface area contributed by atoms with Gasteiger partial charge in [-0.1, -0.05) is 15.9 Å². The van der Waals surface area contributed by atoms with Crippen LogP contribution >= 0.6 is 31.9 Å². The minimum Gasteiger partial charge on any atom is -0.497 e. The molecule has 0 amide bonds. The van der Waals surface area contributed by atoms with Crippen molar-refractivity contribution >= 4 is 48.6 Å². The Hall–Kier alpha value is -1.53. The van der Waals surface area contributed by atoms with Gasteiger partial charge in [-0.05, 0) is 40.2 Å². The number of halogens is 2. The summed E-state index contributed by atoms with van der Waals surface area (Å²) >= 11 is 6.85. The van der Waals surface area contributed by atoms with E-state index in [9.17, 15) is 0 Å². The molecule has 0 atom stereocenters. The molecule has 3 rings (SSSR count). The molecule has 3 aromatic rings. The maximum atomic E-state index is 6.07. The predicted octanol–water partition coefficient (Wildman–Crippen LogP) is 4.61. The van der Waals surface area contributed by atoms with Gasteiger partial charge in [0.2, 0.25) is 5.89 Å². The van der Waals surface area contributed by atoms with Crippen LogP contribution in [0, 0.1) is 0 Å². The number of nitrogens with zero attached hydrogens (tertiary/aromatic N) is 1. The van der Waals surface area contributed by atoms with Gasteiger partial charge in [0.25, 0.3) is 0 Å². The lowest BCUT2D eigenvalue weighted by atomic mass is 10.2. The lowest BCUT2D eigenvalue weighted by Gasteiger charge is -2.04. The second-order valence-corrected chi connectivity index (χ2v) is 5.97. The highest BCUT2D eigenvalue weighted by Crippen LogP contribution is 2.36. The number of rotatable bonds is 2. The average Bonchev–Trinajstić information content (AvgIpc) is 2.85. The predicted molar refractivity (Wildman–Crippen MR) is 85.8 cm³/mol. The van der Waals surface area contributed by atoms with Gasteiger partial charge >= 0.3 is 0 Å². The molecular weight excluding hydrogens is 388 g/mol. The quantitative estimate of drug-likeness (QED) is 0.641. The summed E-state index contributed by atoms with van der Waals surface area (Å²) in [5, 5.41) is 0. The van der Waals surface area contributed by atoms with Crippen molar-refractivity contribution in [1.82, 2.24) is 4.98 Å². The van der Waals surface area contributed by atoms with Gasteiger partial charge in [0.15, 0.2) is 5.58 Å². The largest absolute Gasteiger partial charge is 0.497 e. The van der Waals surface area contributed by atoms with Gasteiger partial charge in [0, 0.05) is 15.0 Å². The van der Waals surface area contributed by atoms with Crippen LogP contribution in [0.3, 0.4) is 0 Å². The molecule has 0 radical (unpaired) electrons. The van der Waals surface area contributed by atoms with E-state index in [1.54, 1.807) is 13.2 Å². The second-order valence-electron chi connectivity index (χ2n) is 4.20. The number of fused-ring (bicyclic) bond motifs is 1. The second kappa shape index (κ2) is 5.10. The Balaban J connectivity index is 2.20. The van der Waals surface area contributed by atoms with E-state index in [0.29, 0.717) is 17.2 Å². The van der Waals surface area contributed by atoms with Crippen molar-refractivity contribution in [3.63, 3.8) is 0 Å². The molecule has 0 fully saturated rings. The van der Waals surface area contributed by atoms with Crippen LogP contribution in [0.15, 0.2) is 43.7 Å². The first kappa shape index (κ1) is 13.5. The van der Waals surface area contributed by atoms with Crippen molar-refractivity contribution in [3.05, 3.63) is 39.3 Å². The Bertz CT molecular complexity index is 799. The van der Waals surface area contributed by atoms with Crippen molar-refractivity contribution in [2.75, 3.05) is 12.8 Å². The van der Waals surface area contributed by atoms with Crippen molar-refractivity contribution in [2.45, 2.75) is 0 Å². The zero-order valence-electron chi connectivity index (χ0n) is 10.5. The molecule has 0 saturated heterocycles. The first-order valence-corrected chi connectivity index (χ1v) is 7.36. The molecule has 1 heterocycles. The highest BCUT2D eigenvalue weighted by Gasteiger charge is 2.14. The third kappa shape index (κ3) is 2.29. The zero-order chi connectivity index (χ0) is 14.3. The Morgan fingerprint density at radius 3 is 2.75 bits per heavy atom. The van der Waals surface area contributed by atoms with Crippen molar-refractivity contribution < 1.29 is 9.15 Å². The minimum atomic E-state index is 0.479. The van der Waals surface area contributed by atoms with E-state index in [-0.39, 0.29) is 0 Å². The van der Waals surface area contributed by atoms with E-state index in [1.807, 2.05) is 24.3 Å². The standard InChI is InChI=1S/C14H10Br2N2O2/c1-19-8-2-3-11-12(6-8)20-14(18-11)9-4-7(15)5-10(16)13(9)17/h2-6H,17H2,1H3. The molecule has 0 aliphatic carbocycles. The van der Waals surface area contributed by atoms with Gasteiger partial charge in [-0.25, -0.2) is 4.98 Å². The molecule has 4 nitrogen and oxygen atoms in total. The van der Waals surface area contributed by atoms with Crippen LogP contribution in [0.5, 0.6) is 5.75 Å². The number of hydrogen-bond acceptors (Lipinski definition) is 4. The lowest BCUT2D eigenvalue weighted by Crippen LogP contribution is -1.92. The Labute approximate surface area is 132 Å². The number of aromatic nitrogens is 1. The van der Waals surface area contributed by atoms with E-state index >= 15 is 0 Å². The zero-order valence-corrected chi connectivity index (χ0v) is 13.7. The maximum absolute atomic E-state index is 6.07. The van der Waals surface area contributed by atoms with Crippen LogP contribution in [0.25, 0.3) is 22.6 Å². The Kier molecular flexibility index (Phi) is 3.43. The van der Waals surface area contributed by atoms with Crippen LogP contribution in [-0.2, 0) is 0 Å². The third-order valence-electron chi connectivity index (χ3n) is 2.92. The Morgan fingerprint density at radius 2 is 2.00 bits per heavy atom. The van der Waals surface area contributed by atoms with E-state index in [4.69, 9.17) is 14.9 Å². The molecule has 20 heavy (non-hydrogen) atoms. The smallest absolute Gasteiger partial charge is 0.229 e. The minimum absolute atomic E-state index is 0.479. The summed E-state index contributed by atoms with van der Waals surface area (Å²) in [6.07, 6.45) is 0. The molecule has 1 aromatic heterocycles. The first-order valence-electron chi connectivity index (χ1n) is 5.78. The number of nitrogen functional groups attached to an aromatic ring is 1. The van der Waals surface area contributed by atoms with Crippen LogP contribution in [0.2, 0.25) is 0 Å². The number of oxazole rings is 1. The van der Waals surface area contributed by atoms with Gasteiger partial charge in [0.05, 0.1) is 18.4 Å². The van der Waals surface area contributed by atoms with Crippen molar-refractivity contribution in [1.29, 1.82) is 0 Å². The highest BCUT2D eigenvalue weighted by molar-refractivity contribution is 9.11. The van der Waals surface area contributed by atoms with Crippen LogP contribution in [0.4, 0.5) is 5.69 Å². The molecule has 0 bridgehead atoms. The summed E-state index contributed by atoms with van der Waals surface area (Å²) in [5.41, 5.74) is 8.82. The van der Waals surface area contributed by atoms with Crippen molar-refractivity contribution in [2.24, 2.45) is 0 Å². The number of methoxy groups -OCH3 is 1. The highest BCUT2D eigenvalue weighted by atomic mass is 79.9. The molecule has 0 unspecified atom stereocenters. The van der Waals surface area contributed by atoms with Crippen LogP contribution in [-0.4, -0.2) is 12.1 Å². The van der Waals surface area contributed by atoms with Crippen LogP contribution < -0.4 is 10.5 Å². The third-order valence-corrected chi connectivity index (χ3v) is 4.03. The monoisotopic (exact) mass is 396 g/mol. The first-order chi connectivity index (χ1) is 9.58. The fraction of sp³-hybridized carbons (Fsp3) is 0.0714. The number of hydrogen-bond donors (Lipinski definition) is 1. The summed E-state index contributed by atoms with van der Waals surface area (Å²) in [6.45, 7) is 0. The molecule has 0 spiro atoms. The Morgan fingerprint density at radius 1 is 1.20 bits per heavy atom. The van der Waals surface area contributed by atoms with E-state index in [2.05, 4.69) is 36.8 Å². The maximum Gasteiger partial charge on any atom is 0.229 e. The summed E-state index contributed by atoms with van der Waals surface area (Å²) in [5.74, 6) is 1.20. The number of anilines is 1. The van der Waals surface area contributed by atoms with Crippen molar-refractivity contribution in [3.8, 4) is 17.2 Å². The molecular formula is C14H10Br2N2O2. The topological polar surface area (TPSA) is 61.3 Å². The number of benzene rings is 2. The lowest BCUT2D eigenvalue weighted by molar-refractivity contribution is 0.414. The summed E-state index contributed by atoms with van der Waals surface area (Å²) < 4.78 is 12.6. The van der Waals surface area contributed by atoms with Gasteiger partial charge < -0.3 is 14.9 Å². The summed E-state index contributed by atoms with van der Waals surface area (Å²) in [4.78, 5) is 4.46. The van der Waals surface area contributed by atoms with Gasteiger partial charge in [-0.2, -0.15) is 0 Å². The molecule has 102 valence electrons. The van der Waals surface area contributed by atoms with E-state index in [0.717, 1.165) is 25.8 Å². The van der Waals surface area contributed by atoms with Gasteiger partial charge in [-0.3, -0.25) is 0 Å². The summed E-state index contributed by atoms with van der Waals surface area (Å²) in [6, 6.07) is 9.25. The van der Waals surface area contributed by atoms with Gasteiger partial charge in [0.1, 0.15) is 11.3 Å². The van der Waals surface area contributed by atoms with E-state index in [1.165, 1.54) is 0 Å². The normalized spacial score (nSPS) is 10.9. The summed E-state index contributed by atoms with van der Waals surface area (Å²) in [7, 11) is 1.61. The van der Waals surface area contributed by atoms with E-state index < -0.39 is 0 Å². The molecule has 0 aliphatic heterocycles. The SMILES string of the molecule is COc1ccc2nc(-c3cc(Br)cc(Br)c3N)oc2c1. The molecule has 0 aliphatic rings. The van der Waals surface area contributed by atoms with Gasteiger partial charge in [-0.15, -0.1) is 0 Å². The molecule has 2 N–H and O–H groups in total. The fourth-order valence-corrected chi connectivity index (χ4v) is 3.13. The number of nitrogens with two attached hydrogens (primary N) is 1. The molecule has 6 heteroatoms. The molecule has 0 saturated carbocycles. The fourth-order valence-electron chi connectivity index (χ4n) is 1.91. The number of ether oxygens (including phenoxy) is 1. The molecule has 2 aromatic carbocycles. The average molecular weight is 398 g/mol.